The van der Waals surface area contributed by atoms with E-state index in [4.69, 9.17) is 0 Å². The molecule has 0 aromatic carbocycles. The molecule has 0 aromatic rings. The molecule has 0 saturated carbocycles. The maximum absolute atomic E-state index is 3.79. The molecule has 1 N–H and O–H groups in total. The summed E-state index contributed by atoms with van der Waals surface area (Å²) in [7, 11) is 3.79. The van der Waals surface area contributed by atoms with E-state index in [-0.39, 0.29) is 0 Å². The number of hydrogen-bond acceptors (Lipinski definition) is 2. The topological polar surface area (TPSA) is 15.3 Å². The molecule has 0 bridgehead atoms. The average molecular weight is 366 g/mol. The van der Waals surface area contributed by atoms with Crippen molar-refractivity contribution < 1.29 is 0 Å². The first-order valence-corrected chi connectivity index (χ1v) is 2.66. The van der Waals surface area contributed by atoms with Gasteiger partial charge in [0.05, 0.1) is 0 Å². The Morgan fingerprint density at radius 2 is 1.75 bits per heavy atom. The van der Waals surface area contributed by atoms with Crippen LogP contribution in [-0.2, 0) is 0 Å². The van der Waals surface area contributed by atoms with E-state index < -0.39 is 0 Å². The smallest absolute Gasteiger partial charge is 0.00555 e. The van der Waals surface area contributed by atoms with Gasteiger partial charge in [0.2, 0.25) is 0 Å². The normalized spacial score (nSPS) is 22.1. The Kier molecular flexibility index (Phi) is 2.59. The molecule has 0 unspecified atom stereocenters. The molecule has 0 atom stereocenters. The van der Waals surface area contributed by atoms with Crippen molar-refractivity contribution in [1.82, 2.24) is 10.2 Å². The number of nitrogens with one attached hydrogen (secondary N) is 1. The standard InChI is InChI=1S/C5H11N2.Rf/c1-7-4-2-6-3-5-7;/h6H,1-5H2;/q-1;. The molecule has 1 saturated heterocycles. The Bertz CT molecular complexity index is 52.4. The van der Waals surface area contributed by atoms with E-state index in [0.29, 0.717) is 0 Å². The van der Waals surface area contributed by atoms with Crippen molar-refractivity contribution in [2.75, 3.05) is 26.2 Å². The van der Waals surface area contributed by atoms with Crippen LogP contribution in [-0.4, -0.2) is 31.1 Å². The maximum atomic E-state index is 3.79. The molecule has 2 nitrogen and oxygen atoms in total. The molecule has 0 spiro atoms. The summed E-state index contributed by atoms with van der Waals surface area (Å²) in [5.41, 5.74) is 0. The Morgan fingerprint density at radius 1 is 1.25 bits per heavy atom. The molecule has 3 heteroatoms. The molecule has 1 aliphatic heterocycles. The van der Waals surface area contributed by atoms with Crippen LogP contribution in [0.15, 0.2) is 0 Å². The predicted octanol–water partition coefficient (Wildman–Crippen LogP) is -0.317. The van der Waals surface area contributed by atoms with E-state index in [1.54, 1.807) is 0 Å². The van der Waals surface area contributed by atoms with Gasteiger partial charge in [0.1, 0.15) is 0 Å². The molecule has 1 aliphatic rings. The SMILES string of the molecule is [CH2-]N1CCNCC1.[Rf]. The van der Waals surface area contributed by atoms with Crippen LogP contribution in [0.1, 0.15) is 0 Å². The summed E-state index contributed by atoms with van der Waals surface area (Å²) >= 11 is 0. The Balaban J connectivity index is 0.000000490. The van der Waals surface area contributed by atoms with Gasteiger partial charge in [-0.25, -0.2) is 0 Å². The first kappa shape index (κ1) is 6.92. The van der Waals surface area contributed by atoms with Crippen molar-refractivity contribution in [1.29, 1.82) is 0 Å². The van der Waals surface area contributed by atoms with Crippen LogP contribution in [0.2, 0.25) is 0 Å². The van der Waals surface area contributed by atoms with Crippen LogP contribution in [0.5, 0.6) is 0 Å². The minimum atomic E-state index is 0. The molecular formula is C5H11N2Rf-. The Hall–Kier alpha value is -1.08. The zero-order valence-electron chi connectivity index (χ0n) is 5.19. The van der Waals surface area contributed by atoms with Crippen LogP contribution >= 0.6 is 0 Å². The summed E-state index contributed by atoms with van der Waals surface area (Å²) in [5, 5.41) is 3.23. The predicted molar refractivity (Wildman–Crippen MR) is 29.8 cm³/mol. The fourth-order valence-corrected chi connectivity index (χ4v) is 0.711. The van der Waals surface area contributed by atoms with Gasteiger partial charge < -0.3 is 10.2 Å². The van der Waals surface area contributed by atoms with E-state index in [1.807, 2.05) is 0 Å². The second-order valence-electron chi connectivity index (χ2n) is 1.87. The monoisotopic (exact) mass is 366 g/mol. The molecule has 0 aliphatic carbocycles. The minimum Gasteiger partial charge on any atom is -0.457 e. The summed E-state index contributed by atoms with van der Waals surface area (Å²) < 4.78 is 0. The van der Waals surface area contributed by atoms with Gasteiger partial charge >= 0.3 is 0 Å². The summed E-state index contributed by atoms with van der Waals surface area (Å²) in [6.07, 6.45) is 0. The molecule has 0 amide bonds. The first-order valence-electron chi connectivity index (χ1n) is 2.66. The van der Waals surface area contributed by atoms with Gasteiger partial charge in [0.15, 0.2) is 0 Å². The number of rotatable bonds is 0. The quantitative estimate of drug-likeness (QED) is 0.592. The van der Waals surface area contributed by atoms with E-state index in [0.717, 1.165) is 26.2 Å². The zero-order valence-corrected chi connectivity index (χ0v) is 11.6. The summed E-state index contributed by atoms with van der Waals surface area (Å²) in [6, 6.07) is 0. The van der Waals surface area contributed by atoms with Gasteiger partial charge in [0, 0.05) is 13.1 Å². The van der Waals surface area contributed by atoms with Crippen LogP contribution in [0.3, 0.4) is 0 Å². The van der Waals surface area contributed by atoms with Crippen LogP contribution < -0.4 is 5.32 Å². The van der Waals surface area contributed by atoms with Gasteiger partial charge in [-0.05, 0) is 13.1 Å². The van der Waals surface area contributed by atoms with Crippen molar-refractivity contribution in [3.63, 3.8) is 0 Å². The summed E-state index contributed by atoms with van der Waals surface area (Å²) in [4.78, 5) is 2.08. The molecule has 0 aromatic heterocycles. The second kappa shape index (κ2) is 2.99. The molecule has 0 radical (unpaired) electrons. The number of nitrogens with zero attached hydrogens (tertiary/aromatic N) is 1. The Labute approximate surface area is 44.5 Å². The third-order valence-electron chi connectivity index (χ3n) is 1.21. The molecule has 1 heterocycles. The fraction of sp³-hybridized carbons (Fsp3) is 0.800. The van der Waals surface area contributed by atoms with E-state index in [2.05, 4.69) is 17.3 Å². The van der Waals surface area contributed by atoms with Gasteiger partial charge in [-0.2, -0.15) is 0 Å². The van der Waals surface area contributed by atoms with Gasteiger partial charge in [-0.1, -0.05) is 0 Å². The molecule has 44 valence electrons. The van der Waals surface area contributed by atoms with Crippen molar-refractivity contribution in [2.24, 2.45) is 0 Å². The number of hydrogen-bond donors (Lipinski definition) is 1. The van der Waals surface area contributed by atoms with Crippen molar-refractivity contribution in [3.05, 3.63) is 7.05 Å². The molecule has 8 heavy (non-hydrogen) atoms. The minimum absolute atomic E-state index is 0. The van der Waals surface area contributed by atoms with Gasteiger partial charge in [0.25, 0.3) is 0 Å². The van der Waals surface area contributed by atoms with Crippen LogP contribution in [0, 0.1) is 7.05 Å². The van der Waals surface area contributed by atoms with Crippen LogP contribution in [0.25, 0.3) is 0 Å². The fourth-order valence-electron chi connectivity index (χ4n) is 0.711. The van der Waals surface area contributed by atoms with Crippen molar-refractivity contribution >= 4 is 0 Å². The van der Waals surface area contributed by atoms with Crippen molar-refractivity contribution in [3.8, 4) is 0 Å². The molecular weight excluding hydrogens is 355 g/mol. The van der Waals surface area contributed by atoms with Crippen molar-refractivity contribution in [2.45, 2.75) is 0 Å². The van der Waals surface area contributed by atoms with E-state index in [1.165, 1.54) is 0 Å². The number of piperazine rings is 1. The zero-order chi connectivity index (χ0) is 5.11. The molecule has 1 rings (SSSR count). The third kappa shape index (κ3) is 1.58. The maximum Gasteiger partial charge on any atom is 0.00555 e. The van der Waals surface area contributed by atoms with Gasteiger partial charge in [-0.15, -0.1) is 0 Å². The van der Waals surface area contributed by atoms with E-state index in [9.17, 15) is 0 Å². The first-order chi connectivity index (χ1) is 3.39. The van der Waals surface area contributed by atoms with E-state index >= 15 is 0 Å². The van der Waals surface area contributed by atoms with Crippen LogP contribution in [0.4, 0.5) is 0 Å². The largest absolute Gasteiger partial charge is 0.457 e. The summed E-state index contributed by atoms with van der Waals surface area (Å²) in [6.45, 7) is 4.40. The Morgan fingerprint density at radius 3 is 2.00 bits per heavy atom. The second-order valence-corrected chi connectivity index (χ2v) is 1.87. The average Bonchev–Trinajstić information content (AvgIpc) is 1.69. The third-order valence-corrected chi connectivity index (χ3v) is 1.21. The summed E-state index contributed by atoms with van der Waals surface area (Å²) in [5.74, 6) is 0. The molecule has 1 fully saturated rings. The van der Waals surface area contributed by atoms with Gasteiger partial charge in [-0.3, -0.25) is 7.05 Å².